The maximum atomic E-state index is 13.8. The smallest absolute Gasteiger partial charge is 0.129 e. The van der Waals surface area contributed by atoms with Crippen LogP contribution in [0.2, 0.25) is 0 Å². The molecule has 112 valence electrons. The van der Waals surface area contributed by atoms with E-state index in [9.17, 15) is 8.78 Å². The molecule has 0 aliphatic heterocycles. The van der Waals surface area contributed by atoms with Crippen LogP contribution in [-0.4, -0.2) is 6.54 Å². The van der Waals surface area contributed by atoms with Crippen LogP contribution in [0.25, 0.3) is 0 Å². The van der Waals surface area contributed by atoms with Crippen LogP contribution in [0.15, 0.2) is 18.2 Å². The second-order valence-corrected chi connectivity index (χ2v) is 6.48. The highest BCUT2D eigenvalue weighted by Gasteiger charge is 2.32. The van der Waals surface area contributed by atoms with E-state index in [-0.39, 0.29) is 5.56 Å². The molecule has 0 bridgehead atoms. The van der Waals surface area contributed by atoms with Crippen LogP contribution in [0.3, 0.4) is 0 Å². The summed E-state index contributed by atoms with van der Waals surface area (Å²) in [5, 5.41) is 0. The fraction of sp³-hybridized carbons (Fsp3) is 0.647. The van der Waals surface area contributed by atoms with Crippen LogP contribution < -0.4 is 5.73 Å². The summed E-state index contributed by atoms with van der Waals surface area (Å²) in [4.78, 5) is 0. The second kappa shape index (κ2) is 6.66. The van der Waals surface area contributed by atoms with Gasteiger partial charge in [-0.2, -0.15) is 0 Å². The van der Waals surface area contributed by atoms with Crippen molar-refractivity contribution in [1.82, 2.24) is 0 Å². The number of benzene rings is 1. The SMILES string of the molecule is CC(C)C1CCC(CN)C(Cc2c(F)cccc2F)C1. The van der Waals surface area contributed by atoms with Gasteiger partial charge in [0.05, 0.1) is 0 Å². The largest absolute Gasteiger partial charge is 0.330 e. The van der Waals surface area contributed by atoms with Crippen molar-refractivity contribution >= 4 is 0 Å². The Labute approximate surface area is 120 Å². The van der Waals surface area contributed by atoms with Crippen molar-refractivity contribution in [2.45, 2.75) is 39.5 Å². The van der Waals surface area contributed by atoms with E-state index < -0.39 is 11.6 Å². The lowest BCUT2D eigenvalue weighted by molar-refractivity contribution is 0.149. The first kappa shape index (κ1) is 15.4. The van der Waals surface area contributed by atoms with Gasteiger partial charge in [-0.05, 0) is 68.0 Å². The Morgan fingerprint density at radius 1 is 1.15 bits per heavy atom. The zero-order valence-electron chi connectivity index (χ0n) is 12.4. The maximum Gasteiger partial charge on any atom is 0.129 e. The van der Waals surface area contributed by atoms with Crippen LogP contribution in [0.1, 0.15) is 38.7 Å². The molecule has 1 aromatic rings. The fourth-order valence-corrected chi connectivity index (χ4v) is 3.52. The molecule has 1 aromatic carbocycles. The minimum atomic E-state index is -0.424. The first-order chi connectivity index (χ1) is 9.52. The number of hydrogen-bond acceptors (Lipinski definition) is 1. The number of nitrogens with two attached hydrogens (primary N) is 1. The highest BCUT2D eigenvalue weighted by Crippen LogP contribution is 2.39. The van der Waals surface area contributed by atoms with Crippen molar-refractivity contribution in [3.8, 4) is 0 Å². The molecule has 3 atom stereocenters. The van der Waals surface area contributed by atoms with Crippen LogP contribution in [0, 0.1) is 35.3 Å². The third-order valence-corrected chi connectivity index (χ3v) is 4.95. The third-order valence-electron chi connectivity index (χ3n) is 4.95. The summed E-state index contributed by atoms with van der Waals surface area (Å²) < 4.78 is 27.6. The Morgan fingerprint density at radius 3 is 2.35 bits per heavy atom. The summed E-state index contributed by atoms with van der Waals surface area (Å²) in [5.41, 5.74) is 6.09. The summed E-state index contributed by atoms with van der Waals surface area (Å²) in [6, 6.07) is 4.11. The van der Waals surface area contributed by atoms with E-state index in [4.69, 9.17) is 5.73 Å². The molecule has 3 unspecified atom stereocenters. The van der Waals surface area contributed by atoms with E-state index in [1.54, 1.807) is 0 Å². The quantitative estimate of drug-likeness (QED) is 0.881. The van der Waals surface area contributed by atoms with Gasteiger partial charge in [0.15, 0.2) is 0 Å². The van der Waals surface area contributed by atoms with E-state index in [0.29, 0.717) is 36.6 Å². The molecule has 0 spiro atoms. The minimum absolute atomic E-state index is 0.236. The van der Waals surface area contributed by atoms with Crippen molar-refractivity contribution in [3.63, 3.8) is 0 Å². The molecule has 0 aromatic heterocycles. The Bertz CT molecular complexity index is 424. The topological polar surface area (TPSA) is 26.0 Å². The molecule has 0 saturated heterocycles. The van der Waals surface area contributed by atoms with Crippen molar-refractivity contribution in [1.29, 1.82) is 0 Å². The summed E-state index contributed by atoms with van der Waals surface area (Å²) in [5.74, 6) is 1.12. The second-order valence-electron chi connectivity index (χ2n) is 6.48. The lowest BCUT2D eigenvalue weighted by atomic mass is 9.69. The maximum absolute atomic E-state index is 13.8. The molecule has 0 heterocycles. The van der Waals surface area contributed by atoms with Gasteiger partial charge in [0.2, 0.25) is 0 Å². The van der Waals surface area contributed by atoms with Gasteiger partial charge in [-0.3, -0.25) is 0 Å². The molecule has 1 nitrogen and oxygen atoms in total. The lowest BCUT2D eigenvalue weighted by Crippen LogP contribution is -2.33. The third kappa shape index (κ3) is 3.38. The standard InChI is InChI=1S/C17H25F2N/c1-11(2)12-6-7-13(10-20)14(8-12)9-15-16(18)4-3-5-17(15)19/h3-5,11-14H,6-10,20H2,1-2H3. The Morgan fingerprint density at radius 2 is 1.80 bits per heavy atom. The van der Waals surface area contributed by atoms with Gasteiger partial charge in [-0.25, -0.2) is 8.78 Å². The van der Waals surface area contributed by atoms with Crippen molar-refractivity contribution in [3.05, 3.63) is 35.4 Å². The van der Waals surface area contributed by atoms with Crippen LogP contribution >= 0.6 is 0 Å². The van der Waals surface area contributed by atoms with Gasteiger partial charge in [0.1, 0.15) is 11.6 Å². The summed E-state index contributed by atoms with van der Waals surface area (Å²) in [6.45, 7) is 5.08. The first-order valence-corrected chi connectivity index (χ1v) is 7.65. The number of rotatable bonds is 4. The molecule has 3 heteroatoms. The molecule has 20 heavy (non-hydrogen) atoms. The Kier molecular flexibility index (Phi) is 5.14. The van der Waals surface area contributed by atoms with Crippen LogP contribution in [-0.2, 0) is 6.42 Å². The van der Waals surface area contributed by atoms with E-state index in [0.717, 1.165) is 12.8 Å². The highest BCUT2D eigenvalue weighted by molar-refractivity contribution is 5.20. The molecular weight excluding hydrogens is 256 g/mol. The van der Waals surface area contributed by atoms with E-state index >= 15 is 0 Å². The first-order valence-electron chi connectivity index (χ1n) is 7.65. The lowest BCUT2D eigenvalue weighted by Gasteiger charge is -2.37. The van der Waals surface area contributed by atoms with Crippen molar-refractivity contribution in [2.75, 3.05) is 6.54 Å². The van der Waals surface area contributed by atoms with Crippen LogP contribution in [0.4, 0.5) is 8.78 Å². The Balaban J connectivity index is 2.15. The van der Waals surface area contributed by atoms with E-state index in [1.807, 2.05) is 0 Å². The monoisotopic (exact) mass is 281 g/mol. The van der Waals surface area contributed by atoms with E-state index in [2.05, 4.69) is 13.8 Å². The van der Waals surface area contributed by atoms with Gasteiger partial charge in [-0.1, -0.05) is 19.9 Å². The molecule has 2 rings (SSSR count). The van der Waals surface area contributed by atoms with Crippen molar-refractivity contribution in [2.24, 2.45) is 29.4 Å². The number of hydrogen-bond donors (Lipinski definition) is 1. The van der Waals surface area contributed by atoms with Crippen LogP contribution in [0.5, 0.6) is 0 Å². The molecular formula is C17H25F2N. The summed E-state index contributed by atoms with van der Waals surface area (Å²) in [7, 11) is 0. The molecule has 0 radical (unpaired) electrons. The summed E-state index contributed by atoms with van der Waals surface area (Å²) in [6.07, 6.45) is 3.78. The van der Waals surface area contributed by atoms with Gasteiger partial charge < -0.3 is 5.73 Å². The number of halogens is 2. The average molecular weight is 281 g/mol. The fourth-order valence-electron chi connectivity index (χ4n) is 3.52. The van der Waals surface area contributed by atoms with Gasteiger partial charge in [0, 0.05) is 5.56 Å². The predicted octanol–water partition coefficient (Wildman–Crippen LogP) is 4.15. The average Bonchev–Trinajstić information content (AvgIpc) is 2.42. The molecule has 1 saturated carbocycles. The molecule has 1 aliphatic carbocycles. The van der Waals surface area contributed by atoms with Gasteiger partial charge in [0.25, 0.3) is 0 Å². The molecule has 1 fully saturated rings. The molecule has 0 amide bonds. The minimum Gasteiger partial charge on any atom is -0.330 e. The molecule has 2 N–H and O–H groups in total. The summed E-state index contributed by atoms with van der Waals surface area (Å²) >= 11 is 0. The highest BCUT2D eigenvalue weighted by atomic mass is 19.1. The predicted molar refractivity (Wildman–Crippen MR) is 78.3 cm³/mol. The zero-order valence-corrected chi connectivity index (χ0v) is 12.4. The van der Waals surface area contributed by atoms with Gasteiger partial charge >= 0.3 is 0 Å². The van der Waals surface area contributed by atoms with Crippen molar-refractivity contribution < 1.29 is 8.78 Å². The van der Waals surface area contributed by atoms with E-state index in [1.165, 1.54) is 24.6 Å². The zero-order chi connectivity index (χ0) is 14.7. The Hall–Kier alpha value is -0.960. The van der Waals surface area contributed by atoms with Gasteiger partial charge in [-0.15, -0.1) is 0 Å². The molecule has 1 aliphatic rings. The normalized spacial score (nSPS) is 27.0.